The molecule has 0 heterocycles. The summed E-state index contributed by atoms with van der Waals surface area (Å²) in [4.78, 5) is 10.9. The second-order valence-corrected chi connectivity index (χ2v) is 6.21. The highest BCUT2D eigenvalue weighted by atomic mass is 127. The van der Waals surface area contributed by atoms with Crippen molar-refractivity contribution in [3.8, 4) is 0 Å². The van der Waals surface area contributed by atoms with Gasteiger partial charge in [0.2, 0.25) is 0 Å². The largest absolute Gasteiger partial charge is 0.481 e. The zero-order valence-electron chi connectivity index (χ0n) is 7.45. The number of benzene rings is 1. The molecule has 0 saturated heterocycles. The van der Waals surface area contributed by atoms with Gasteiger partial charge < -0.3 is 5.11 Å². The first kappa shape index (κ1) is 11.5. The number of carboxylic acids is 1. The molecule has 1 aliphatic carbocycles. The minimum Gasteiger partial charge on any atom is -0.481 e. The summed E-state index contributed by atoms with van der Waals surface area (Å²) in [5.41, 5.74) is 0.888. The molecule has 0 aromatic heterocycles. The predicted octanol–water partition coefficient (Wildman–Crippen LogP) is 3.26. The molecule has 0 radical (unpaired) electrons. The van der Waals surface area contributed by atoms with Crippen LogP contribution >= 0.6 is 45.8 Å². The lowest BCUT2D eigenvalue weighted by atomic mass is 10.1. The molecule has 0 spiro atoms. The smallest absolute Gasteiger partial charge is 0.310 e. The average molecular weight is 357 g/mol. The summed E-state index contributed by atoms with van der Waals surface area (Å²) in [6, 6.07) is 7.58. The van der Waals surface area contributed by atoms with Gasteiger partial charge in [0.1, 0.15) is 4.33 Å². The predicted molar refractivity (Wildman–Crippen MR) is 67.5 cm³/mol. The van der Waals surface area contributed by atoms with Gasteiger partial charge in [-0.1, -0.05) is 35.3 Å². The maximum Gasteiger partial charge on any atom is 0.310 e. The first-order chi connectivity index (χ1) is 6.94. The quantitative estimate of drug-likeness (QED) is 0.652. The van der Waals surface area contributed by atoms with E-state index in [0.717, 1.165) is 9.13 Å². The molecule has 1 fully saturated rings. The molecule has 80 valence electrons. The van der Waals surface area contributed by atoms with Crippen LogP contribution < -0.4 is 0 Å². The molecule has 1 aromatic rings. The number of hydrogen-bond donors (Lipinski definition) is 1. The van der Waals surface area contributed by atoms with E-state index in [1.165, 1.54) is 0 Å². The number of carbonyl (C=O) groups is 1. The third-order valence-corrected chi connectivity index (χ3v) is 4.14. The maximum atomic E-state index is 10.9. The average Bonchev–Trinajstić information content (AvgIpc) is 2.69. The van der Waals surface area contributed by atoms with Crippen molar-refractivity contribution in [2.24, 2.45) is 5.92 Å². The van der Waals surface area contributed by atoms with Gasteiger partial charge in [0.25, 0.3) is 0 Å². The van der Waals surface area contributed by atoms with Gasteiger partial charge in [0.05, 0.1) is 5.92 Å². The van der Waals surface area contributed by atoms with Crippen molar-refractivity contribution in [2.75, 3.05) is 0 Å². The molecule has 5 heteroatoms. The molecule has 0 bridgehead atoms. The standard InChI is InChI=1S/C10H7Cl2IO2/c11-10(12)7(8(10)9(14)15)5-2-1-3-6(13)4-5/h1-4,7-8H,(H,14,15)/t7-,8+/m0/s1. The van der Waals surface area contributed by atoms with Crippen molar-refractivity contribution >= 4 is 51.8 Å². The summed E-state index contributed by atoms with van der Waals surface area (Å²) in [7, 11) is 0. The fourth-order valence-electron chi connectivity index (χ4n) is 1.75. The van der Waals surface area contributed by atoms with Crippen LogP contribution in [-0.2, 0) is 4.79 Å². The normalized spacial score (nSPS) is 27.4. The lowest BCUT2D eigenvalue weighted by Crippen LogP contribution is -2.03. The topological polar surface area (TPSA) is 37.3 Å². The van der Waals surface area contributed by atoms with Crippen molar-refractivity contribution in [1.29, 1.82) is 0 Å². The number of alkyl halides is 2. The first-order valence-electron chi connectivity index (χ1n) is 4.30. The fourth-order valence-corrected chi connectivity index (χ4v) is 3.13. The highest BCUT2D eigenvalue weighted by molar-refractivity contribution is 14.1. The summed E-state index contributed by atoms with van der Waals surface area (Å²) in [6.45, 7) is 0. The van der Waals surface area contributed by atoms with E-state index in [4.69, 9.17) is 28.3 Å². The van der Waals surface area contributed by atoms with Crippen LogP contribution in [0, 0.1) is 9.49 Å². The van der Waals surface area contributed by atoms with Crippen LogP contribution in [0.4, 0.5) is 0 Å². The monoisotopic (exact) mass is 356 g/mol. The van der Waals surface area contributed by atoms with Gasteiger partial charge in [-0.15, -0.1) is 0 Å². The molecule has 2 atom stereocenters. The molecule has 0 unspecified atom stereocenters. The number of aliphatic carboxylic acids is 1. The molecule has 2 rings (SSSR count). The van der Waals surface area contributed by atoms with E-state index >= 15 is 0 Å². The van der Waals surface area contributed by atoms with Crippen molar-refractivity contribution in [2.45, 2.75) is 10.3 Å². The molecular weight excluding hydrogens is 350 g/mol. The van der Waals surface area contributed by atoms with Gasteiger partial charge in [0.15, 0.2) is 0 Å². The van der Waals surface area contributed by atoms with Crippen LogP contribution in [0.3, 0.4) is 0 Å². The lowest BCUT2D eigenvalue weighted by molar-refractivity contribution is -0.138. The van der Waals surface area contributed by atoms with E-state index in [0.29, 0.717) is 0 Å². The van der Waals surface area contributed by atoms with Gasteiger partial charge >= 0.3 is 5.97 Å². The van der Waals surface area contributed by atoms with Crippen LogP contribution in [-0.4, -0.2) is 15.4 Å². The Morgan fingerprint density at radius 3 is 2.60 bits per heavy atom. The lowest BCUT2D eigenvalue weighted by Gasteiger charge is -2.00. The summed E-state index contributed by atoms with van der Waals surface area (Å²) in [5.74, 6) is -1.93. The minimum absolute atomic E-state index is 0.298. The van der Waals surface area contributed by atoms with Crippen molar-refractivity contribution < 1.29 is 9.90 Å². The molecule has 0 amide bonds. The number of halogens is 3. The minimum atomic E-state index is -1.16. The van der Waals surface area contributed by atoms with E-state index in [-0.39, 0.29) is 5.92 Å². The Labute approximate surface area is 111 Å². The van der Waals surface area contributed by atoms with Gasteiger partial charge in [-0.25, -0.2) is 0 Å². The SMILES string of the molecule is O=C(O)[C@H]1[C@H](c2cccc(I)c2)C1(Cl)Cl. The summed E-state index contributed by atoms with van der Waals surface area (Å²) in [6.07, 6.45) is 0. The number of rotatable bonds is 2. The molecule has 1 N–H and O–H groups in total. The number of carboxylic acid groups (broad SMARTS) is 1. The third-order valence-electron chi connectivity index (χ3n) is 2.53. The Balaban J connectivity index is 2.31. The fraction of sp³-hybridized carbons (Fsp3) is 0.300. The van der Waals surface area contributed by atoms with E-state index < -0.39 is 16.2 Å². The van der Waals surface area contributed by atoms with Crippen LogP contribution in [0.15, 0.2) is 24.3 Å². The Morgan fingerprint density at radius 1 is 1.47 bits per heavy atom. The van der Waals surface area contributed by atoms with E-state index in [1.807, 2.05) is 24.3 Å². The van der Waals surface area contributed by atoms with Gasteiger partial charge in [0, 0.05) is 9.49 Å². The molecule has 1 saturated carbocycles. The van der Waals surface area contributed by atoms with Gasteiger partial charge in [-0.2, -0.15) is 0 Å². The van der Waals surface area contributed by atoms with E-state index in [1.54, 1.807) is 0 Å². The second-order valence-electron chi connectivity index (χ2n) is 3.52. The Morgan fingerprint density at radius 2 is 2.13 bits per heavy atom. The number of hydrogen-bond acceptors (Lipinski definition) is 1. The van der Waals surface area contributed by atoms with Gasteiger partial charge in [-0.3, -0.25) is 4.79 Å². The van der Waals surface area contributed by atoms with E-state index in [2.05, 4.69) is 22.6 Å². The molecule has 1 aliphatic rings. The van der Waals surface area contributed by atoms with Crippen molar-refractivity contribution in [1.82, 2.24) is 0 Å². The molecule has 1 aromatic carbocycles. The zero-order chi connectivity index (χ0) is 11.2. The first-order valence-corrected chi connectivity index (χ1v) is 6.14. The van der Waals surface area contributed by atoms with Crippen LogP contribution in [0.2, 0.25) is 0 Å². The van der Waals surface area contributed by atoms with E-state index in [9.17, 15) is 4.79 Å². The molecule has 15 heavy (non-hydrogen) atoms. The second kappa shape index (κ2) is 3.79. The highest BCUT2D eigenvalue weighted by Gasteiger charge is 2.68. The maximum absolute atomic E-state index is 10.9. The third kappa shape index (κ3) is 1.97. The molecule has 2 nitrogen and oxygen atoms in total. The Bertz CT molecular complexity index is 420. The summed E-state index contributed by atoms with van der Waals surface area (Å²) in [5, 5.41) is 8.92. The highest BCUT2D eigenvalue weighted by Crippen LogP contribution is 2.64. The summed E-state index contributed by atoms with van der Waals surface area (Å²) >= 11 is 14.0. The summed E-state index contributed by atoms with van der Waals surface area (Å²) < 4.78 is -0.110. The van der Waals surface area contributed by atoms with Gasteiger partial charge in [-0.05, 0) is 40.3 Å². The van der Waals surface area contributed by atoms with Crippen LogP contribution in [0.25, 0.3) is 0 Å². The Kier molecular flexibility index (Phi) is 2.90. The van der Waals surface area contributed by atoms with Crippen molar-refractivity contribution in [3.63, 3.8) is 0 Å². The molecule has 0 aliphatic heterocycles. The molecular formula is C10H7Cl2IO2. The van der Waals surface area contributed by atoms with Crippen LogP contribution in [0.5, 0.6) is 0 Å². The zero-order valence-corrected chi connectivity index (χ0v) is 11.1. The Hall–Kier alpha value is -0.000000000000000222. The van der Waals surface area contributed by atoms with Crippen molar-refractivity contribution in [3.05, 3.63) is 33.4 Å². The van der Waals surface area contributed by atoms with Crippen LogP contribution in [0.1, 0.15) is 11.5 Å².